The Kier molecular flexibility index (Phi) is 4.99. The van der Waals surface area contributed by atoms with Gasteiger partial charge in [-0.25, -0.2) is 13.1 Å². The molecule has 2 heterocycles. The first-order valence-corrected chi connectivity index (χ1v) is 10.6. The topological polar surface area (TPSA) is 66.5 Å². The number of carbonyl (C=O) groups is 1. The minimum Gasteiger partial charge on any atom is -0.312 e. The van der Waals surface area contributed by atoms with Crippen LogP contribution in [0.25, 0.3) is 0 Å². The number of nitrogens with one attached hydrogen (secondary N) is 1. The van der Waals surface area contributed by atoms with Crippen molar-refractivity contribution in [2.45, 2.75) is 38.1 Å². The number of carbonyl (C=O) groups excluding carboxylic acids is 1. The number of hydrogen-bond donors (Lipinski definition) is 1. The van der Waals surface area contributed by atoms with Gasteiger partial charge in [0, 0.05) is 24.0 Å². The summed E-state index contributed by atoms with van der Waals surface area (Å²) < 4.78 is 28.6. The molecule has 25 heavy (non-hydrogen) atoms. The summed E-state index contributed by atoms with van der Waals surface area (Å²) in [5.74, 6) is 0.112. The Labute approximate surface area is 152 Å². The second kappa shape index (κ2) is 6.90. The lowest BCUT2D eigenvalue weighted by atomic mass is 10.0. The van der Waals surface area contributed by atoms with Crippen LogP contribution < -0.4 is 9.62 Å². The van der Waals surface area contributed by atoms with E-state index < -0.39 is 10.0 Å². The van der Waals surface area contributed by atoms with Gasteiger partial charge in [0.1, 0.15) is 0 Å². The van der Waals surface area contributed by atoms with Gasteiger partial charge in [-0.05, 0) is 47.5 Å². The maximum Gasteiger partial charge on any atom is 0.241 e. The van der Waals surface area contributed by atoms with Gasteiger partial charge in [-0.15, -0.1) is 11.3 Å². The van der Waals surface area contributed by atoms with E-state index in [1.54, 1.807) is 34.4 Å². The normalized spacial score (nSPS) is 15.4. The summed E-state index contributed by atoms with van der Waals surface area (Å²) in [4.78, 5) is 14.6. The fourth-order valence-electron chi connectivity index (χ4n) is 3.10. The highest BCUT2D eigenvalue weighted by atomic mass is 32.2. The zero-order valence-corrected chi connectivity index (χ0v) is 16.2. The summed E-state index contributed by atoms with van der Waals surface area (Å²) in [7, 11) is -3.64. The molecular formula is C18H22N2O3S2. The fourth-order valence-corrected chi connectivity index (χ4v) is 5.54. The van der Waals surface area contributed by atoms with E-state index in [1.165, 1.54) is 6.92 Å². The molecule has 1 N–H and O–H groups in total. The highest BCUT2D eigenvalue weighted by molar-refractivity contribution is 7.89. The number of anilines is 1. The van der Waals surface area contributed by atoms with Crippen LogP contribution in [-0.2, 0) is 21.2 Å². The second-order valence-electron chi connectivity index (χ2n) is 6.57. The number of sulfonamides is 1. The Hall–Kier alpha value is -1.70. The van der Waals surface area contributed by atoms with Crippen LogP contribution in [0.4, 0.5) is 5.69 Å². The van der Waals surface area contributed by atoms with Gasteiger partial charge in [0.25, 0.3) is 0 Å². The van der Waals surface area contributed by atoms with Crippen LogP contribution in [0.1, 0.15) is 37.3 Å². The Morgan fingerprint density at radius 1 is 1.28 bits per heavy atom. The molecule has 3 rings (SSSR count). The Balaban J connectivity index is 1.89. The van der Waals surface area contributed by atoms with Crippen molar-refractivity contribution >= 4 is 33.0 Å². The van der Waals surface area contributed by atoms with Crippen LogP contribution in [0.15, 0.2) is 40.6 Å². The monoisotopic (exact) mass is 378 g/mol. The summed E-state index contributed by atoms with van der Waals surface area (Å²) in [6.07, 6.45) is 0.677. The van der Waals surface area contributed by atoms with Crippen molar-refractivity contribution in [2.75, 3.05) is 11.4 Å². The molecule has 1 aliphatic heterocycles. The van der Waals surface area contributed by atoms with Crippen LogP contribution in [0.3, 0.4) is 0 Å². The lowest BCUT2D eigenvalue weighted by Crippen LogP contribution is -2.31. The van der Waals surface area contributed by atoms with E-state index in [-0.39, 0.29) is 22.8 Å². The third kappa shape index (κ3) is 3.63. The molecule has 1 atom stereocenters. The van der Waals surface area contributed by atoms with Crippen LogP contribution >= 0.6 is 11.3 Å². The highest BCUT2D eigenvalue weighted by Gasteiger charge is 2.27. The van der Waals surface area contributed by atoms with E-state index in [4.69, 9.17) is 0 Å². The third-order valence-corrected chi connectivity index (χ3v) is 6.83. The van der Waals surface area contributed by atoms with Crippen molar-refractivity contribution in [2.24, 2.45) is 5.92 Å². The molecule has 1 amide bonds. The molecule has 0 saturated heterocycles. The summed E-state index contributed by atoms with van der Waals surface area (Å²) in [5.41, 5.74) is 1.71. The van der Waals surface area contributed by atoms with Crippen molar-refractivity contribution in [1.29, 1.82) is 0 Å². The quantitative estimate of drug-likeness (QED) is 0.868. The van der Waals surface area contributed by atoms with Crippen LogP contribution in [-0.4, -0.2) is 20.9 Å². The molecule has 0 aliphatic carbocycles. The second-order valence-corrected chi connectivity index (χ2v) is 9.26. The van der Waals surface area contributed by atoms with Gasteiger partial charge in [0.15, 0.2) is 0 Å². The van der Waals surface area contributed by atoms with Gasteiger partial charge >= 0.3 is 0 Å². The van der Waals surface area contributed by atoms with E-state index in [0.29, 0.717) is 13.0 Å². The Bertz CT molecular complexity index is 874. The largest absolute Gasteiger partial charge is 0.312 e. The van der Waals surface area contributed by atoms with Gasteiger partial charge in [0.05, 0.1) is 10.9 Å². The highest BCUT2D eigenvalue weighted by Crippen LogP contribution is 2.32. The summed E-state index contributed by atoms with van der Waals surface area (Å²) in [5, 5.41) is 1.95. The predicted molar refractivity (Wildman–Crippen MR) is 100 cm³/mol. The average molecular weight is 379 g/mol. The van der Waals surface area contributed by atoms with Gasteiger partial charge in [-0.1, -0.05) is 19.9 Å². The molecule has 1 aliphatic rings. The first-order valence-electron chi connectivity index (χ1n) is 8.26. The minimum absolute atomic E-state index is 0.0231. The number of nitrogens with zero attached hydrogens (tertiary/aromatic N) is 1. The van der Waals surface area contributed by atoms with Crippen molar-refractivity contribution in [3.05, 3.63) is 46.2 Å². The molecule has 1 aromatic carbocycles. The van der Waals surface area contributed by atoms with Crippen molar-refractivity contribution in [3.8, 4) is 0 Å². The molecule has 5 nitrogen and oxygen atoms in total. The molecule has 7 heteroatoms. The minimum atomic E-state index is -3.64. The van der Waals surface area contributed by atoms with Crippen molar-refractivity contribution in [1.82, 2.24) is 4.72 Å². The maximum absolute atomic E-state index is 12.9. The van der Waals surface area contributed by atoms with E-state index in [2.05, 4.69) is 4.72 Å². The fraction of sp³-hybridized carbons (Fsp3) is 0.389. The molecular weight excluding hydrogens is 356 g/mol. The first kappa shape index (κ1) is 18.1. The number of benzene rings is 1. The number of rotatable bonds is 5. The number of hydrogen-bond acceptors (Lipinski definition) is 4. The molecule has 1 aromatic heterocycles. The van der Waals surface area contributed by atoms with Crippen molar-refractivity contribution < 1.29 is 13.2 Å². The van der Waals surface area contributed by atoms with Gasteiger partial charge in [-0.2, -0.15) is 0 Å². The lowest BCUT2D eigenvalue weighted by molar-refractivity contribution is -0.116. The van der Waals surface area contributed by atoms with Gasteiger partial charge in [0.2, 0.25) is 15.9 Å². The third-order valence-electron chi connectivity index (χ3n) is 4.44. The van der Waals surface area contributed by atoms with Crippen molar-refractivity contribution in [3.63, 3.8) is 0 Å². The van der Waals surface area contributed by atoms with E-state index in [0.717, 1.165) is 16.1 Å². The first-order chi connectivity index (χ1) is 11.8. The molecule has 134 valence electrons. The Morgan fingerprint density at radius 2 is 2.04 bits per heavy atom. The lowest BCUT2D eigenvalue weighted by Gasteiger charge is -2.21. The average Bonchev–Trinajstić information content (AvgIpc) is 3.21. The molecule has 0 spiro atoms. The maximum atomic E-state index is 12.9. The summed E-state index contributed by atoms with van der Waals surface area (Å²) >= 11 is 1.55. The number of fused-ring (bicyclic) bond motifs is 1. The number of thiophene rings is 1. The number of amides is 1. The van der Waals surface area contributed by atoms with E-state index in [1.807, 2.05) is 31.4 Å². The van der Waals surface area contributed by atoms with E-state index >= 15 is 0 Å². The predicted octanol–water partition coefficient (Wildman–Crippen LogP) is 3.33. The van der Waals surface area contributed by atoms with E-state index in [9.17, 15) is 13.2 Å². The summed E-state index contributed by atoms with van der Waals surface area (Å²) in [6.45, 7) is 6.13. The zero-order chi connectivity index (χ0) is 18.2. The molecule has 2 aromatic rings. The molecule has 1 unspecified atom stereocenters. The standard InChI is InChI=1S/C18H22N2O3S2/c1-12(2)18(17-5-4-10-24-17)19-25(22,23)15-6-7-16-14(11-15)8-9-20(16)13(3)21/h4-7,10-12,18-19H,8-9H2,1-3H3. The molecule has 0 radical (unpaired) electrons. The molecule has 0 bridgehead atoms. The molecule has 0 saturated carbocycles. The van der Waals surface area contributed by atoms with Crippen LogP contribution in [0.5, 0.6) is 0 Å². The zero-order valence-electron chi connectivity index (χ0n) is 14.5. The van der Waals surface area contributed by atoms with Crippen LogP contribution in [0.2, 0.25) is 0 Å². The molecule has 0 fully saturated rings. The van der Waals surface area contributed by atoms with Gasteiger partial charge in [-0.3, -0.25) is 4.79 Å². The summed E-state index contributed by atoms with van der Waals surface area (Å²) in [6, 6.07) is 8.61. The smallest absolute Gasteiger partial charge is 0.241 e. The van der Waals surface area contributed by atoms with Crippen LogP contribution in [0, 0.1) is 5.92 Å². The van der Waals surface area contributed by atoms with Gasteiger partial charge < -0.3 is 4.90 Å². The Morgan fingerprint density at radius 3 is 2.64 bits per heavy atom. The SMILES string of the molecule is CC(=O)N1CCc2cc(S(=O)(=O)NC(c3cccs3)C(C)C)ccc21.